The lowest BCUT2D eigenvalue weighted by atomic mass is 9.86. The summed E-state index contributed by atoms with van der Waals surface area (Å²) in [6.45, 7) is 10.00. The molecule has 1 aromatic carbocycles. The lowest BCUT2D eigenvalue weighted by Crippen LogP contribution is -2.41. The Morgan fingerprint density at radius 2 is 2.10 bits per heavy atom. The van der Waals surface area contributed by atoms with Gasteiger partial charge < -0.3 is 10.1 Å². The first-order valence-electron chi connectivity index (χ1n) is 8.17. The van der Waals surface area contributed by atoms with Crippen LogP contribution in [0.4, 0.5) is 0 Å². The molecule has 0 saturated heterocycles. The van der Waals surface area contributed by atoms with Gasteiger partial charge in [0.15, 0.2) is 0 Å². The van der Waals surface area contributed by atoms with Gasteiger partial charge in [0.05, 0.1) is 0 Å². The highest BCUT2D eigenvalue weighted by Crippen LogP contribution is 2.41. The fourth-order valence-corrected chi connectivity index (χ4v) is 2.88. The second kappa shape index (κ2) is 6.62. The SMILES string of the molecule is CCCCNC1CC(C)(CC)Oc2ccc(CC)cc21. The van der Waals surface area contributed by atoms with Gasteiger partial charge in [0.1, 0.15) is 11.4 Å². The maximum atomic E-state index is 6.26. The van der Waals surface area contributed by atoms with Crippen molar-refractivity contribution in [1.29, 1.82) is 0 Å². The lowest BCUT2D eigenvalue weighted by molar-refractivity contribution is 0.0442. The molecular formula is C18H29NO. The number of hydrogen-bond donors (Lipinski definition) is 1. The standard InChI is InChI=1S/C18H29NO/c1-5-8-11-19-16-13-18(4,7-3)20-17-10-9-14(6-2)12-15(16)17/h9-10,12,16,19H,5-8,11,13H2,1-4H3. The fraction of sp³-hybridized carbons (Fsp3) is 0.667. The average Bonchev–Trinajstić information content (AvgIpc) is 2.47. The topological polar surface area (TPSA) is 21.3 Å². The van der Waals surface area contributed by atoms with Crippen LogP contribution in [-0.4, -0.2) is 12.1 Å². The highest BCUT2D eigenvalue weighted by Gasteiger charge is 2.35. The second-order valence-corrected chi connectivity index (χ2v) is 6.20. The van der Waals surface area contributed by atoms with Gasteiger partial charge in [-0.05, 0) is 44.4 Å². The van der Waals surface area contributed by atoms with E-state index in [1.54, 1.807) is 0 Å². The van der Waals surface area contributed by atoms with E-state index in [-0.39, 0.29) is 5.60 Å². The molecule has 2 nitrogen and oxygen atoms in total. The third-order valence-electron chi connectivity index (χ3n) is 4.52. The summed E-state index contributed by atoms with van der Waals surface area (Å²) < 4.78 is 6.26. The third kappa shape index (κ3) is 3.35. The first-order valence-corrected chi connectivity index (χ1v) is 8.17. The van der Waals surface area contributed by atoms with Gasteiger partial charge in [0.2, 0.25) is 0 Å². The van der Waals surface area contributed by atoms with Crippen molar-refractivity contribution in [3.63, 3.8) is 0 Å². The Kier molecular flexibility index (Phi) is 5.09. The number of aryl methyl sites for hydroxylation is 1. The van der Waals surface area contributed by atoms with Crippen molar-refractivity contribution in [3.8, 4) is 5.75 Å². The largest absolute Gasteiger partial charge is 0.487 e. The number of nitrogens with one attached hydrogen (secondary N) is 1. The number of rotatable bonds is 6. The Bertz CT molecular complexity index is 443. The summed E-state index contributed by atoms with van der Waals surface area (Å²) in [6, 6.07) is 7.12. The maximum Gasteiger partial charge on any atom is 0.124 e. The Morgan fingerprint density at radius 3 is 2.75 bits per heavy atom. The number of benzene rings is 1. The first-order chi connectivity index (χ1) is 9.61. The van der Waals surface area contributed by atoms with Gasteiger partial charge in [0, 0.05) is 18.0 Å². The average molecular weight is 275 g/mol. The molecule has 20 heavy (non-hydrogen) atoms. The maximum absolute atomic E-state index is 6.26. The van der Waals surface area contributed by atoms with E-state index in [0.29, 0.717) is 6.04 Å². The molecule has 2 heteroatoms. The predicted molar refractivity (Wildman–Crippen MR) is 85.4 cm³/mol. The summed E-state index contributed by atoms with van der Waals surface area (Å²) in [4.78, 5) is 0. The molecule has 0 spiro atoms. The van der Waals surface area contributed by atoms with Crippen molar-refractivity contribution in [2.45, 2.75) is 71.4 Å². The number of fused-ring (bicyclic) bond motifs is 1. The van der Waals surface area contributed by atoms with E-state index in [1.165, 1.54) is 24.0 Å². The van der Waals surface area contributed by atoms with Crippen LogP contribution in [0, 0.1) is 0 Å². The third-order valence-corrected chi connectivity index (χ3v) is 4.52. The molecule has 2 atom stereocenters. The summed E-state index contributed by atoms with van der Waals surface area (Å²) in [5.41, 5.74) is 2.71. The molecule has 1 N–H and O–H groups in total. The molecule has 2 unspecified atom stereocenters. The predicted octanol–water partition coefficient (Wildman–Crippen LogP) is 4.63. The molecule has 1 aliphatic rings. The van der Waals surface area contributed by atoms with Crippen LogP contribution in [0.5, 0.6) is 5.75 Å². The molecule has 0 radical (unpaired) electrons. The van der Waals surface area contributed by atoms with Crippen molar-refractivity contribution >= 4 is 0 Å². The number of ether oxygens (including phenoxy) is 1. The van der Waals surface area contributed by atoms with Gasteiger partial charge >= 0.3 is 0 Å². The summed E-state index contributed by atoms with van der Waals surface area (Å²) >= 11 is 0. The molecule has 1 aliphatic heterocycles. The van der Waals surface area contributed by atoms with Gasteiger partial charge in [0.25, 0.3) is 0 Å². The quantitative estimate of drug-likeness (QED) is 0.764. The van der Waals surface area contributed by atoms with Crippen LogP contribution in [0.25, 0.3) is 0 Å². The molecule has 0 amide bonds. The van der Waals surface area contributed by atoms with Gasteiger partial charge in [-0.15, -0.1) is 0 Å². The normalized spacial score (nSPS) is 25.1. The van der Waals surface area contributed by atoms with Crippen molar-refractivity contribution in [1.82, 2.24) is 5.32 Å². The molecule has 1 heterocycles. The zero-order chi connectivity index (χ0) is 14.6. The van der Waals surface area contributed by atoms with E-state index in [4.69, 9.17) is 4.74 Å². The molecule has 0 fully saturated rings. The number of hydrogen-bond acceptors (Lipinski definition) is 2. The fourth-order valence-electron chi connectivity index (χ4n) is 2.88. The molecule has 112 valence electrons. The van der Waals surface area contributed by atoms with Crippen molar-refractivity contribution in [2.75, 3.05) is 6.54 Å². The minimum atomic E-state index is -0.0371. The van der Waals surface area contributed by atoms with Crippen LogP contribution in [0.15, 0.2) is 18.2 Å². The van der Waals surface area contributed by atoms with Gasteiger partial charge in [-0.2, -0.15) is 0 Å². The lowest BCUT2D eigenvalue weighted by Gasteiger charge is -2.40. The van der Waals surface area contributed by atoms with E-state index in [2.05, 4.69) is 51.2 Å². The summed E-state index contributed by atoms with van der Waals surface area (Å²) in [5.74, 6) is 1.08. The minimum absolute atomic E-state index is 0.0371. The molecule has 1 aromatic rings. The Balaban J connectivity index is 2.25. The van der Waals surface area contributed by atoms with E-state index < -0.39 is 0 Å². The highest BCUT2D eigenvalue weighted by molar-refractivity contribution is 5.42. The zero-order valence-electron chi connectivity index (χ0n) is 13.5. The molecule has 0 aliphatic carbocycles. The molecular weight excluding hydrogens is 246 g/mol. The summed E-state index contributed by atoms with van der Waals surface area (Å²) in [7, 11) is 0. The van der Waals surface area contributed by atoms with Crippen LogP contribution in [-0.2, 0) is 6.42 Å². The first kappa shape index (κ1) is 15.4. The van der Waals surface area contributed by atoms with Gasteiger partial charge in [-0.1, -0.05) is 39.3 Å². The van der Waals surface area contributed by atoms with E-state index in [1.807, 2.05) is 0 Å². The van der Waals surface area contributed by atoms with Gasteiger partial charge in [-0.25, -0.2) is 0 Å². The highest BCUT2D eigenvalue weighted by atomic mass is 16.5. The van der Waals surface area contributed by atoms with Crippen LogP contribution < -0.4 is 10.1 Å². The van der Waals surface area contributed by atoms with Crippen molar-refractivity contribution in [2.24, 2.45) is 0 Å². The zero-order valence-corrected chi connectivity index (χ0v) is 13.5. The molecule has 2 rings (SSSR count). The summed E-state index contributed by atoms with van der Waals surface area (Å²) in [5, 5.41) is 3.74. The van der Waals surface area contributed by atoms with Crippen molar-refractivity contribution in [3.05, 3.63) is 29.3 Å². The summed E-state index contributed by atoms with van der Waals surface area (Å²) in [6.07, 6.45) is 5.67. The Labute approximate surface area is 123 Å². The monoisotopic (exact) mass is 275 g/mol. The molecule has 0 saturated carbocycles. The van der Waals surface area contributed by atoms with E-state index in [0.717, 1.165) is 31.6 Å². The number of unbranched alkanes of at least 4 members (excludes halogenated alkanes) is 1. The Hall–Kier alpha value is -1.02. The van der Waals surface area contributed by atoms with Crippen LogP contribution >= 0.6 is 0 Å². The van der Waals surface area contributed by atoms with Gasteiger partial charge in [-0.3, -0.25) is 0 Å². The van der Waals surface area contributed by atoms with Crippen molar-refractivity contribution < 1.29 is 4.74 Å². The van der Waals surface area contributed by atoms with Crippen LogP contribution in [0.3, 0.4) is 0 Å². The second-order valence-electron chi connectivity index (χ2n) is 6.20. The minimum Gasteiger partial charge on any atom is -0.487 e. The van der Waals surface area contributed by atoms with Crippen LogP contribution in [0.1, 0.15) is 70.5 Å². The van der Waals surface area contributed by atoms with E-state index >= 15 is 0 Å². The van der Waals surface area contributed by atoms with E-state index in [9.17, 15) is 0 Å². The molecule has 0 bridgehead atoms. The smallest absolute Gasteiger partial charge is 0.124 e. The van der Waals surface area contributed by atoms with Crippen LogP contribution in [0.2, 0.25) is 0 Å². The molecule has 0 aromatic heterocycles. The Morgan fingerprint density at radius 1 is 1.30 bits per heavy atom.